The number of nitrogens with zero attached hydrogens (tertiary/aromatic N) is 3. The fraction of sp³-hybridized carbons (Fsp3) is 0.559. The molecule has 0 bridgehead atoms. The normalized spacial score (nSPS) is 20.0. The Morgan fingerprint density at radius 1 is 0.738 bits per heavy atom. The van der Waals surface area contributed by atoms with Crippen LogP contribution in [0, 0.1) is 11.8 Å². The summed E-state index contributed by atoms with van der Waals surface area (Å²) >= 11 is 0. The molecule has 3 heterocycles. The highest BCUT2D eigenvalue weighted by Gasteiger charge is 2.53. The zero-order chi connectivity index (χ0) is 29.5. The summed E-state index contributed by atoms with van der Waals surface area (Å²) in [5, 5.41) is 0. The van der Waals surface area contributed by atoms with Crippen molar-refractivity contribution >= 4 is 29.2 Å². The first kappa shape index (κ1) is 30.2. The molecule has 0 saturated carbocycles. The Bertz CT molecular complexity index is 1180. The number of carbonyl (C=O) groups is 3. The highest BCUT2D eigenvalue weighted by atomic mass is 16.5. The molecule has 2 aromatic carbocycles. The van der Waals surface area contributed by atoms with Gasteiger partial charge in [0.1, 0.15) is 0 Å². The zero-order valence-corrected chi connectivity index (χ0v) is 25.1. The van der Waals surface area contributed by atoms with Crippen molar-refractivity contribution in [3.8, 4) is 0 Å². The van der Waals surface area contributed by atoms with Crippen molar-refractivity contribution in [3.63, 3.8) is 0 Å². The van der Waals surface area contributed by atoms with Crippen molar-refractivity contribution in [3.05, 3.63) is 60.2 Å². The average molecular weight is 576 g/mol. The predicted molar refractivity (Wildman–Crippen MR) is 163 cm³/mol. The molecule has 2 saturated heterocycles. The van der Waals surface area contributed by atoms with Gasteiger partial charge in [0.25, 0.3) is 0 Å². The van der Waals surface area contributed by atoms with E-state index < -0.39 is 5.41 Å². The highest BCUT2D eigenvalue weighted by molar-refractivity contribution is 6.13. The van der Waals surface area contributed by atoms with Gasteiger partial charge < -0.3 is 9.47 Å². The summed E-state index contributed by atoms with van der Waals surface area (Å²) < 4.78 is 10.3. The summed E-state index contributed by atoms with van der Waals surface area (Å²) in [7, 11) is 0. The van der Waals surface area contributed by atoms with Crippen molar-refractivity contribution in [1.29, 1.82) is 0 Å². The SMILES string of the molecule is CCOC(=O)CN1CCC(CC2(CC3CCN(CC(=O)OCC)CC3)C(=O)N(c3ccccc3)c3ccccc32)CC1. The van der Waals surface area contributed by atoms with Crippen LogP contribution < -0.4 is 4.90 Å². The van der Waals surface area contributed by atoms with Crippen LogP contribution in [0.4, 0.5) is 11.4 Å². The lowest BCUT2D eigenvalue weighted by Crippen LogP contribution is -2.46. The smallest absolute Gasteiger partial charge is 0.320 e. The monoisotopic (exact) mass is 575 g/mol. The van der Waals surface area contributed by atoms with Crippen LogP contribution in [0.3, 0.4) is 0 Å². The van der Waals surface area contributed by atoms with Crippen molar-refractivity contribution in [2.45, 2.75) is 57.8 Å². The third-order valence-corrected chi connectivity index (χ3v) is 9.29. The fourth-order valence-corrected chi connectivity index (χ4v) is 7.28. The maximum absolute atomic E-state index is 14.8. The number of amides is 1. The lowest BCUT2D eigenvalue weighted by atomic mass is 9.66. The van der Waals surface area contributed by atoms with E-state index in [2.05, 4.69) is 28.0 Å². The maximum atomic E-state index is 14.8. The van der Waals surface area contributed by atoms with Gasteiger partial charge in [0, 0.05) is 5.69 Å². The van der Waals surface area contributed by atoms with Gasteiger partial charge in [-0.05, 0) is 114 Å². The second-order valence-electron chi connectivity index (χ2n) is 12.0. The van der Waals surface area contributed by atoms with Crippen LogP contribution in [0.1, 0.15) is 57.9 Å². The van der Waals surface area contributed by atoms with Crippen molar-refractivity contribution in [1.82, 2.24) is 9.80 Å². The Kier molecular flexibility index (Phi) is 9.95. The van der Waals surface area contributed by atoms with Crippen LogP contribution in [0.25, 0.3) is 0 Å². The van der Waals surface area contributed by atoms with E-state index in [-0.39, 0.29) is 17.8 Å². The van der Waals surface area contributed by atoms with Gasteiger partial charge in [-0.2, -0.15) is 0 Å². The molecule has 42 heavy (non-hydrogen) atoms. The Labute approximate surface area is 249 Å². The van der Waals surface area contributed by atoms with Gasteiger partial charge in [-0.15, -0.1) is 0 Å². The van der Waals surface area contributed by atoms with Crippen LogP contribution in [0.2, 0.25) is 0 Å². The maximum Gasteiger partial charge on any atom is 0.320 e. The summed E-state index contributed by atoms with van der Waals surface area (Å²) in [6.45, 7) is 8.49. The fourth-order valence-electron chi connectivity index (χ4n) is 7.28. The van der Waals surface area contributed by atoms with Crippen LogP contribution in [0.15, 0.2) is 54.6 Å². The molecule has 3 aliphatic heterocycles. The summed E-state index contributed by atoms with van der Waals surface area (Å²) in [5.41, 5.74) is 2.44. The molecule has 8 nitrogen and oxygen atoms in total. The minimum atomic E-state index is -0.603. The molecule has 5 rings (SSSR count). The molecule has 0 unspecified atom stereocenters. The molecule has 0 aromatic heterocycles. The van der Waals surface area contributed by atoms with E-state index in [1.807, 2.05) is 55.1 Å². The molecule has 2 aromatic rings. The van der Waals surface area contributed by atoms with E-state index in [9.17, 15) is 14.4 Å². The number of anilines is 2. The number of ether oxygens (including phenoxy) is 2. The molecule has 8 heteroatoms. The van der Waals surface area contributed by atoms with E-state index in [4.69, 9.17) is 9.47 Å². The van der Waals surface area contributed by atoms with Crippen molar-refractivity contribution in [2.24, 2.45) is 11.8 Å². The van der Waals surface area contributed by atoms with Gasteiger partial charge >= 0.3 is 11.9 Å². The van der Waals surface area contributed by atoms with E-state index in [1.165, 1.54) is 0 Å². The molecule has 1 amide bonds. The quantitative estimate of drug-likeness (QED) is 0.352. The third kappa shape index (κ3) is 6.70. The first-order valence-electron chi connectivity index (χ1n) is 15.7. The molecule has 2 fully saturated rings. The van der Waals surface area contributed by atoms with Crippen molar-refractivity contribution in [2.75, 3.05) is 57.4 Å². The number of hydrogen-bond acceptors (Lipinski definition) is 7. The van der Waals surface area contributed by atoms with Gasteiger partial charge in [0.15, 0.2) is 0 Å². The third-order valence-electron chi connectivity index (χ3n) is 9.29. The van der Waals surface area contributed by atoms with Gasteiger partial charge in [-0.3, -0.25) is 29.1 Å². The molecule has 0 aliphatic carbocycles. The minimum absolute atomic E-state index is 0.167. The van der Waals surface area contributed by atoms with E-state index in [0.29, 0.717) is 38.1 Å². The predicted octanol–water partition coefficient (Wildman–Crippen LogP) is 4.93. The Morgan fingerprint density at radius 3 is 1.71 bits per heavy atom. The number of piperidine rings is 2. The lowest BCUT2D eigenvalue weighted by Gasteiger charge is -2.40. The van der Waals surface area contributed by atoms with Crippen LogP contribution >= 0.6 is 0 Å². The zero-order valence-electron chi connectivity index (χ0n) is 25.1. The van der Waals surface area contributed by atoms with Crippen LogP contribution in [-0.2, 0) is 29.3 Å². The highest BCUT2D eigenvalue weighted by Crippen LogP contribution is 2.53. The number of hydrogen-bond donors (Lipinski definition) is 0. The summed E-state index contributed by atoms with van der Waals surface area (Å²) in [6, 6.07) is 18.4. The Morgan fingerprint density at radius 2 is 1.21 bits per heavy atom. The second kappa shape index (κ2) is 13.8. The Hall–Kier alpha value is -3.23. The summed E-state index contributed by atoms with van der Waals surface area (Å²) in [5.74, 6) is 0.623. The molecule has 226 valence electrons. The molecular weight excluding hydrogens is 530 g/mol. The van der Waals surface area contributed by atoms with E-state index in [0.717, 1.165) is 81.6 Å². The molecule has 0 N–H and O–H groups in total. The topological polar surface area (TPSA) is 79.4 Å². The number of benzene rings is 2. The first-order chi connectivity index (χ1) is 20.4. The summed E-state index contributed by atoms with van der Waals surface area (Å²) in [6.07, 6.45) is 5.45. The largest absolute Gasteiger partial charge is 0.465 e. The van der Waals surface area contributed by atoms with Gasteiger partial charge in [-0.1, -0.05) is 36.4 Å². The van der Waals surface area contributed by atoms with Crippen molar-refractivity contribution < 1.29 is 23.9 Å². The van der Waals surface area contributed by atoms with Gasteiger partial charge in [0.05, 0.1) is 37.4 Å². The number of para-hydroxylation sites is 2. The number of carbonyl (C=O) groups excluding carboxylic acids is 3. The number of rotatable bonds is 11. The lowest BCUT2D eigenvalue weighted by molar-refractivity contribution is -0.145. The number of likely N-dealkylation sites (tertiary alicyclic amines) is 2. The first-order valence-corrected chi connectivity index (χ1v) is 15.7. The molecule has 3 aliphatic rings. The van der Waals surface area contributed by atoms with Gasteiger partial charge in [-0.25, -0.2) is 0 Å². The molecule has 0 radical (unpaired) electrons. The van der Waals surface area contributed by atoms with E-state index in [1.54, 1.807) is 0 Å². The second-order valence-corrected chi connectivity index (χ2v) is 12.0. The average Bonchev–Trinajstić information content (AvgIpc) is 3.23. The molecule has 0 atom stereocenters. The minimum Gasteiger partial charge on any atom is -0.465 e. The van der Waals surface area contributed by atoms with Crippen LogP contribution in [-0.4, -0.2) is 80.1 Å². The number of fused-ring (bicyclic) bond motifs is 1. The van der Waals surface area contributed by atoms with Gasteiger partial charge in [0.2, 0.25) is 5.91 Å². The standard InChI is InChI=1S/C34H45N3O5/c1-3-41-31(38)24-35-18-14-26(15-19-35)22-34(23-27-16-20-36(21-17-27)25-32(39)42-4-2)29-12-8-9-13-30(29)37(33(34)40)28-10-6-5-7-11-28/h5-13,26-27H,3-4,14-25H2,1-2H3. The molecular formula is C34H45N3O5. The molecule has 0 spiro atoms. The Balaban J connectivity index is 1.37. The van der Waals surface area contributed by atoms with Crippen LogP contribution in [0.5, 0.6) is 0 Å². The van der Waals surface area contributed by atoms with E-state index >= 15 is 0 Å². The summed E-state index contributed by atoms with van der Waals surface area (Å²) in [4.78, 5) is 45.2. The number of esters is 2.